The molecule has 0 saturated carbocycles. The smallest absolute Gasteiger partial charge is 0.195 e. The number of hydrogen-bond acceptors (Lipinski definition) is 4. The van der Waals surface area contributed by atoms with Crippen LogP contribution in [0.1, 0.15) is 24.4 Å². The maximum absolute atomic E-state index is 9.52. The van der Waals surface area contributed by atoms with Crippen LogP contribution in [-0.4, -0.2) is 19.9 Å². The van der Waals surface area contributed by atoms with Gasteiger partial charge in [-0.05, 0) is 59.2 Å². The molecule has 1 N–H and O–H groups in total. The monoisotopic (exact) mass is 327 g/mol. The molecule has 96 valence electrons. The van der Waals surface area contributed by atoms with Gasteiger partial charge < -0.3 is 9.67 Å². The third kappa shape index (κ3) is 2.76. The van der Waals surface area contributed by atoms with Gasteiger partial charge in [-0.15, -0.1) is 10.2 Å². The maximum atomic E-state index is 9.52. The third-order valence-electron chi connectivity index (χ3n) is 2.69. The van der Waals surface area contributed by atoms with Crippen molar-refractivity contribution >= 4 is 27.7 Å². The fourth-order valence-corrected chi connectivity index (χ4v) is 2.91. The molecule has 0 unspecified atom stereocenters. The van der Waals surface area contributed by atoms with Gasteiger partial charge in [0.25, 0.3) is 0 Å². The zero-order valence-electron chi connectivity index (χ0n) is 10.4. The lowest BCUT2D eigenvalue weighted by Gasteiger charge is -2.08. The van der Waals surface area contributed by atoms with E-state index in [1.165, 1.54) is 0 Å². The van der Waals surface area contributed by atoms with Crippen molar-refractivity contribution in [2.24, 2.45) is 7.05 Å². The normalized spacial score (nSPS) is 12.7. The first-order valence-corrected chi connectivity index (χ1v) is 7.11. The Balaban J connectivity index is 2.27. The van der Waals surface area contributed by atoms with Crippen molar-refractivity contribution in [3.8, 4) is 0 Å². The SMILES string of the molecule is Cc1nnc(Sc2ccc([C@@H](C)O)cc2Br)n1C. The lowest BCUT2D eigenvalue weighted by molar-refractivity contribution is 0.199. The van der Waals surface area contributed by atoms with E-state index in [-0.39, 0.29) is 0 Å². The molecule has 1 aromatic heterocycles. The van der Waals surface area contributed by atoms with Crippen molar-refractivity contribution in [3.05, 3.63) is 34.1 Å². The number of halogens is 1. The van der Waals surface area contributed by atoms with Crippen LogP contribution in [0.15, 0.2) is 32.7 Å². The maximum Gasteiger partial charge on any atom is 0.195 e. The quantitative estimate of drug-likeness (QED) is 0.941. The first-order valence-electron chi connectivity index (χ1n) is 5.50. The average Bonchev–Trinajstić information content (AvgIpc) is 2.63. The summed E-state index contributed by atoms with van der Waals surface area (Å²) >= 11 is 5.06. The van der Waals surface area contributed by atoms with Gasteiger partial charge >= 0.3 is 0 Å². The second-order valence-electron chi connectivity index (χ2n) is 4.06. The van der Waals surface area contributed by atoms with Gasteiger partial charge in [-0.25, -0.2) is 0 Å². The minimum Gasteiger partial charge on any atom is -0.389 e. The van der Waals surface area contributed by atoms with E-state index in [1.54, 1.807) is 18.7 Å². The number of benzene rings is 1. The van der Waals surface area contributed by atoms with Crippen LogP contribution in [0.5, 0.6) is 0 Å². The first-order chi connectivity index (χ1) is 8.49. The van der Waals surface area contributed by atoms with Crippen LogP contribution in [0.3, 0.4) is 0 Å². The summed E-state index contributed by atoms with van der Waals surface area (Å²) in [5.74, 6) is 0.884. The Morgan fingerprint density at radius 2 is 2.11 bits per heavy atom. The number of aliphatic hydroxyl groups is 1. The minimum atomic E-state index is -0.461. The molecule has 1 aromatic carbocycles. The Morgan fingerprint density at radius 1 is 1.39 bits per heavy atom. The predicted molar refractivity (Wildman–Crippen MR) is 74.6 cm³/mol. The van der Waals surface area contributed by atoms with E-state index in [1.807, 2.05) is 36.7 Å². The summed E-state index contributed by atoms with van der Waals surface area (Å²) < 4.78 is 2.89. The van der Waals surface area contributed by atoms with E-state index in [0.717, 1.165) is 25.9 Å². The van der Waals surface area contributed by atoms with Crippen molar-refractivity contribution < 1.29 is 5.11 Å². The lowest BCUT2D eigenvalue weighted by atomic mass is 10.1. The molecule has 2 rings (SSSR count). The van der Waals surface area contributed by atoms with Gasteiger partial charge in [-0.1, -0.05) is 6.07 Å². The van der Waals surface area contributed by atoms with Crippen LogP contribution in [0, 0.1) is 6.92 Å². The Labute approximate surface area is 119 Å². The van der Waals surface area contributed by atoms with E-state index in [4.69, 9.17) is 0 Å². The van der Waals surface area contributed by atoms with Crippen molar-refractivity contribution in [2.75, 3.05) is 0 Å². The van der Waals surface area contributed by atoms with Gasteiger partial charge in [0.2, 0.25) is 0 Å². The van der Waals surface area contributed by atoms with E-state index in [2.05, 4.69) is 26.1 Å². The van der Waals surface area contributed by atoms with Crippen LogP contribution >= 0.6 is 27.7 Å². The zero-order chi connectivity index (χ0) is 13.3. The molecule has 0 aliphatic heterocycles. The van der Waals surface area contributed by atoms with Crippen LogP contribution in [0.4, 0.5) is 0 Å². The highest BCUT2D eigenvalue weighted by molar-refractivity contribution is 9.10. The standard InChI is InChI=1S/C12H14BrN3OS/c1-7(17)9-4-5-11(10(13)6-9)18-12-15-14-8(2)16(12)3/h4-7,17H,1-3H3/t7-/m1/s1. The number of aryl methyl sites for hydroxylation is 1. The molecule has 0 aliphatic carbocycles. The zero-order valence-corrected chi connectivity index (χ0v) is 12.8. The molecule has 1 heterocycles. The summed E-state index contributed by atoms with van der Waals surface area (Å²) in [5.41, 5.74) is 0.889. The van der Waals surface area contributed by atoms with Crippen LogP contribution in [-0.2, 0) is 7.05 Å². The summed E-state index contributed by atoms with van der Waals surface area (Å²) in [6, 6.07) is 5.82. The second kappa shape index (κ2) is 5.42. The van der Waals surface area contributed by atoms with Gasteiger partial charge in [-0.3, -0.25) is 0 Å². The molecule has 1 atom stereocenters. The molecule has 2 aromatic rings. The largest absolute Gasteiger partial charge is 0.389 e. The first kappa shape index (κ1) is 13.6. The Hall–Kier alpha value is -0.850. The highest BCUT2D eigenvalue weighted by atomic mass is 79.9. The van der Waals surface area contributed by atoms with Crippen LogP contribution in [0.25, 0.3) is 0 Å². The molecule has 0 saturated heterocycles. The van der Waals surface area contributed by atoms with Crippen LogP contribution < -0.4 is 0 Å². The van der Waals surface area contributed by atoms with Crippen molar-refractivity contribution in [1.29, 1.82) is 0 Å². The number of rotatable bonds is 3. The van der Waals surface area contributed by atoms with Crippen molar-refractivity contribution in [1.82, 2.24) is 14.8 Å². The van der Waals surface area contributed by atoms with E-state index in [0.29, 0.717) is 0 Å². The molecule has 6 heteroatoms. The van der Waals surface area contributed by atoms with Crippen LogP contribution in [0.2, 0.25) is 0 Å². The van der Waals surface area contributed by atoms with Gasteiger partial charge in [-0.2, -0.15) is 0 Å². The molecule has 0 spiro atoms. The molecular weight excluding hydrogens is 314 g/mol. The molecule has 0 amide bonds. The molecule has 0 bridgehead atoms. The summed E-state index contributed by atoms with van der Waals surface area (Å²) in [6.07, 6.45) is -0.461. The molecule has 18 heavy (non-hydrogen) atoms. The fraction of sp³-hybridized carbons (Fsp3) is 0.333. The van der Waals surface area contributed by atoms with Gasteiger partial charge in [0.05, 0.1) is 6.10 Å². The Kier molecular flexibility index (Phi) is 4.09. The van der Waals surface area contributed by atoms with E-state index >= 15 is 0 Å². The van der Waals surface area contributed by atoms with Gasteiger partial charge in [0, 0.05) is 16.4 Å². The van der Waals surface area contributed by atoms with E-state index < -0.39 is 6.10 Å². The highest BCUT2D eigenvalue weighted by Crippen LogP contribution is 2.34. The summed E-state index contributed by atoms with van der Waals surface area (Å²) in [7, 11) is 1.94. The Bertz CT molecular complexity index is 568. The Morgan fingerprint density at radius 3 is 2.61 bits per heavy atom. The minimum absolute atomic E-state index is 0.461. The molecular formula is C12H14BrN3OS. The van der Waals surface area contributed by atoms with Crippen molar-refractivity contribution in [2.45, 2.75) is 30.0 Å². The van der Waals surface area contributed by atoms with Gasteiger partial charge in [0.1, 0.15) is 5.82 Å². The molecule has 4 nitrogen and oxygen atoms in total. The molecule has 0 radical (unpaired) electrons. The van der Waals surface area contributed by atoms with Crippen molar-refractivity contribution in [3.63, 3.8) is 0 Å². The topological polar surface area (TPSA) is 50.9 Å². The van der Waals surface area contributed by atoms with Gasteiger partial charge in [0.15, 0.2) is 5.16 Å². The molecule has 0 aliphatic rings. The average molecular weight is 328 g/mol. The summed E-state index contributed by atoms with van der Waals surface area (Å²) in [6.45, 7) is 3.67. The lowest BCUT2D eigenvalue weighted by Crippen LogP contribution is -1.94. The highest BCUT2D eigenvalue weighted by Gasteiger charge is 2.11. The third-order valence-corrected chi connectivity index (χ3v) is 4.72. The summed E-state index contributed by atoms with van der Waals surface area (Å²) in [5, 5.41) is 18.5. The van der Waals surface area contributed by atoms with E-state index in [9.17, 15) is 5.11 Å². The fourth-order valence-electron chi connectivity index (χ4n) is 1.43. The second-order valence-corrected chi connectivity index (χ2v) is 5.92. The number of hydrogen-bond donors (Lipinski definition) is 1. The number of aliphatic hydroxyl groups excluding tert-OH is 1. The predicted octanol–water partition coefficient (Wildman–Crippen LogP) is 3.09. The number of aromatic nitrogens is 3. The number of nitrogens with zero attached hydrogens (tertiary/aromatic N) is 3. The summed E-state index contributed by atoms with van der Waals surface area (Å²) in [4.78, 5) is 1.05. The molecule has 0 fully saturated rings.